The SMILES string of the molecule is CS(=O)(=O)c1ccc(-c2ncc[nH]2)cc1. The molecule has 15 heavy (non-hydrogen) atoms. The summed E-state index contributed by atoms with van der Waals surface area (Å²) in [4.78, 5) is 7.34. The third-order valence-corrected chi connectivity index (χ3v) is 3.18. The van der Waals surface area contributed by atoms with E-state index in [1.807, 2.05) is 0 Å². The van der Waals surface area contributed by atoms with Gasteiger partial charge >= 0.3 is 0 Å². The topological polar surface area (TPSA) is 62.8 Å². The van der Waals surface area contributed by atoms with E-state index in [4.69, 9.17) is 0 Å². The molecule has 0 amide bonds. The molecule has 0 atom stereocenters. The molecule has 0 aliphatic carbocycles. The first-order chi connectivity index (χ1) is 7.07. The third kappa shape index (κ3) is 2.07. The maximum Gasteiger partial charge on any atom is 0.175 e. The molecule has 2 aromatic rings. The summed E-state index contributed by atoms with van der Waals surface area (Å²) >= 11 is 0. The van der Waals surface area contributed by atoms with Crippen molar-refractivity contribution in [2.45, 2.75) is 4.90 Å². The van der Waals surface area contributed by atoms with Gasteiger partial charge in [0.15, 0.2) is 9.84 Å². The molecule has 2 rings (SSSR count). The van der Waals surface area contributed by atoms with E-state index >= 15 is 0 Å². The van der Waals surface area contributed by atoms with Crippen LogP contribution in [0.15, 0.2) is 41.6 Å². The summed E-state index contributed by atoms with van der Waals surface area (Å²) in [6.45, 7) is 0. The zero-order chi connectivity index (χ0) is 10.9. The summed E-state index contributed by atoms with van der Waals surface area (Å²) in [7, 11) is -3.12. The molecule has 0 saturated carbocycles. The Balaban J connectivity index is 2.42. The highest BCUT2D eigenvalue weighted by Crippen LogP contribution is 2.17. The van der Waals surface area contributed by atoms with E-state index in [2.05, 4.69) is 9.97 Å². The van der Waals surface area contributed by atoms with E-state index in [1.165, 1.54) is 6.26 Å². The number of imidazole rings is 1. The monoisotopic (exact) mass is 222 g/mol. The zero-order valence-corrected chi connectivity index (χ0v) is 8.95. The highest BCUT2D eigenvalue weighted by atomic mass is 32.2. The van der Waals surface area contributed by atoms with Gasteiger partial charge in [-0.3, -0.25) is 0 Å². The molecule has 0 aliphatic rings. The van der Waals surface area contributed by atoms with Gasteiger partial charge in [0.1, 0.15) is 5.82 Å². The van der Waals surface area contributed by atoms with Gasteiger partial charge in [-0.05, 0) is 24.3 Å². The molecular weight excluding hydrogens is 212 g/mol. The number of hydrogen-bond donors (Lipinski definition) is 1. The highest BCUT2D eigenvalue weighted by molar-refractivity contribution is 7.90. The normalized spacial score (nSPS) is 11.5. The molecule has 0 radical (unpaired) electrons. The van der Waals surface area contributed by atoms with Crippen LogP contribution in [0, 0.1) is 0 Å². The zero-order valence-electron chi connectivity index (χ0n) is 8.14. The van der Waals surface area contributed by atoms with Crippen LogP contribution < -0.4 is 0 Å². The van der Waals surface area contributed by atoms with Crippen molar-refractivity contribution < 1.29 is 8.42 Å². The average Bonchev–Trinajstić information content (AvgIpc) is 2.69. The lowest BCUT2D eigenvalue weighted by molar-refractivity contribution is 0.602. The summed E-state index contributed by atoms with van der Waals surface area (Å²) in [5.41, 5.74) is 0.868. The molecule has 1 N–H and O–H groups in total. The fraction of sp³-hybridized carbons (Fsp3) is 0.100. The molecule has 1 aromatic heterocycles. The Kier molecular flexibility index (Phi) is 2.32. The Morgan fingerprint density at radius 3 is 2.33 bits per heavy atom. The molecule has 0 aliphatic heterocycles. The van der Waals surface area contributed by atoms with Crippen molar-refractivity contribution in [2.24, 2.45) is 0 Å². The number of rotatable bonds is 2. The van der Waals surface area contributed by atoms with Gasteiger partial charge in [-0.15, -0.1) is 0 Å². The van der Waals surface area contributed by atoms with Crippen LogP contribution in [0.4, 0.5) is 0 Å². The maximum atomic E-state index is 11.2. The Labute approximate surface area is 87.9 Å². The first-order valence-electron chi connectivity index (χ1n) is 4.37. The summed E-state index contributed by atoms with van der Waals surface area (Å²) in [6, 6.07) is 6.62. The number of hydrogen-bond acceptors (Lipinski definition) is 3. The second-order valence-corrected chi connectivity index (χ2v) is 5.25. The number of aromatic amines is 1. The second-order valence-electron chi connectivity index (χ2n) is 3.23. The van der Waals surface area contributed by atoms with Crippen molar-refractivity contribution in [2.75, 3.05) is 6.26 Å². The average molecular weight is 222 g/mol. The third-order valence-electron chi connectivity index (χ3n) is 2.05. The van der Waals surface area contributed by atoms with Crippen LogP contribution in [-0.2, 0) is 9.84 Å². The van der Waals surface area contributed by atoms with Gasteiger partial charge < -0.3 is 4.98 Å². The van der Waals surface area contributed by atoms with E-state index in [1.54, 1.807) is 36.7 Å². The fourth-order valence-corrected chi connectivity index (χ4v) is 1.91. The second kappa shape index (κ2) is 3.51. The van der Waals surface area contributed by atoms with Crippen molar-refractivity contribution in [3.63, 3.8) is 0 Å². The molecular formula is C10H10N2O2S. The highest BCUT2D eigenvalue weighted by Gasteiger charge is 2.07. The Morgan fingerprint density at radius 1 is 1.20 bits per heavy atom. The van der Waals surface area contributed by atoms with Crippen molar-refractivity contribution in [3.8, 4) is 11.4 Å². The van der Waals surface area contributed by atoms with E-state index < -0.39 is 9.84 Å². The van der Waals surface area contributed by atoms with Gasteiger partial charge in [-0.1, -0.05) is 0 Å². The summed E-state index contributed by atoms with van der Waals surface area (Å²) in [5, 5.41) is 0. The molecule has 0 unspecified atom stereocenters. The Morgan fingerprint density at radius 2 is 1.87 bits per heavy atom. The van der Waals surface area contributed by atoms with Crippen LogP contribution >= 0.6 is 0 Å². The molecule has 5 heteroatoms. The van der Waals surface area contributed by atoms with Gasteiger partial charge in [0.2, 0.25) is 0 Å². The van der Waals surface area contributed by atoms with Crippen LogP contribution in [-0.4, -0.2) is 24.6 Å². The Hall–Kier alpha value is -1.62. The first kappa shape index (κ1) is 9.92. The Bertz CT molecular complexity index is 542. The number of H-pyrrole nitrogens is 1. The van der Waals surface area contributed by atoms with Gasteiger partial charge in [0, 0.05) is 24.2 Å². The molecule has 0 saturated heterocycles. The lowest BCUT2D eigenvalue weighted by Gasteiger charge is -1.99. The minimum absolute atomic E-state index is 0.317. The first-order valence-corrected chi connectivity index (χ1v) is 6.26. The summed E-state index contributed by atoms with van der Waals surface area (Å²) in [5.74, 6) is 0.732. The van der Waals surface area contributed by atoms with E-state index in [0.29, 0.717) is 4.90 Å². The van der Waals surface area contributed by atoms with Crippen molar-refractivity contribution in [1.82, 2.24) is 9.97 Å². The van der Waals surface area contributed by atoms with Crippen LogP contribution in [0.5, 0.6) is 0 Å². The minimum atomic E-state index is -3.12. The van der Waals surface area contributed by atoms with Crippen LogP contribution in [0.1, 0.15) is 0 Å². The standard InChI is InChI=1S/C10H10N2O2S/c1-15(13,14)9-4-2-8(3-5-9)10-11-6-7-12-10/h2-7H,1H3,(H,11,12). The lowest BCUT2D eigenvalue weighted by atomic mass is 10.2. The largest absolute Gasteiger partial charge is 0.345 e. The summed E-state index contributed by atoms with van der Waals surface area (Å²) < 4.78 is 22.4. The molecule has 0 spiro atoms. The number of nitrogens with zero attached hydrogens (tertiary/aromatic N) is 1. The van der Waals surface area contributed by atoms with Crippen molar-refractivity contribution in [3.05, 3.63) is 36.7 Å². The number of sulfone groups is 1. The van der Waals surface area contributed by atoms with E-state index in [0.717, 1.165) is 11.4 Å². The molecule has 1 aromatic carbocycles. The van der Waals surface area contributed by atoms with Crippen LogP contribution in [0.3, 0.4) is 0 Å². The lowest BCUT2D eigenvalue weighted by Crippen LogP contribution is -1.96. The fourth-order valence-electron chi connectivity index (χ4n) is 1.28. The van der Waals surface area contributed by atoms with E-state index in [9.17, 15) is 8.42 Å². The van der Waals surface area contributed by atoms with Crippen molar-refractivity contribution in [1.29, 1.82) is 0 Å². The minimum Gasteiger partial charge on any atom is -0.345 e. The van der Waals surface area contributed by atoms with Crippen LogP contribution in [0.25, 0.3) is 11.4 Å². The molecule has 1 heterocycles. The molecule has 0 bridgehead atoms. The smallest absolute Gasteiger partial charge is 0.175 e. The maximum absolute atomic E-state index is 11.2. The number of aromatic nitrogens is 2. The van der Waals surface area contributed by atoms with Gasteiger partial charge in [-0.2, -0.15) is 0 Å². The van der Waals surface area contributed by atoms with Gasteiger partial charge in [0.25, 0.3) is 0 Å². The van der Waals surface area contributed by atoms with E-state index in [-0.39, 0.29) is 0 Å². The predicted octanol–water partition coefficient (Wildman–Crippen LogP) is 1.48. The van der Waals surface area contributed by atoms with Gasteiger partial charge in [-0.25, -0.2) is 13.4 Å². The predicted molar refractivity (Wildman–Crippen MR) is 57.1 cm³/mol. The van der Waals surface area contributed by atoms with Crippen molar-refractivity contribution >= 4 is 9.84 Å². The summed E-state index contributed by atoms with van der Waals surface area (Å²) in [6.07, 6.45) is 4.56. The molecule has 0 fully saturated rings. The number of benzene rings is 1. The quantitative estimate of drug-likeness (QED) is 0.837. The number of nitrogens with one attached hydrogen (secondary N) is 1. The van der Waals surface area contributed by atoms with Gasteiger partial charge in [0.05, 0.1) is 4.90 Å². The van der Waals surface area contributed by atoms with Crippen LogP contribution in [0.2, 0.25) is 0 Å². The molecule has 78 valence electrons. The molecule has 4 nitrogen and oxygen atoms in total.